The lowest BCUT2D eigenvalue weighted by Crippen LogP contribution is -2.27. The Morgan fingerprint density at radius 3 is 2.53 bits per heavy atom. The highest BCUT2D eigenvalue weighted by Crippen LogP contribution is 2.29. The third kappa shape index (κ3) is 6.20. The summed E-state index contributed by atoms with van der Waals surface area (Å²) in [7, 11) is 2.90. The van der Waals surface area contributed by atoms with Crippen molar-refractivity contribution in [1.82, 2.24) is 20.6 Å². The van der Waals surface area contributed by atoms with E-state index in [4.69, 9.17) is 9.47 Å². The van der Waals surface area contributed by atoms with Crippen LogP contribution >= 0.6 is 0 Å². The van der Waals surface area contributed by atoms with Crippen molar-refractivity contribution in [2.75, 3.05) is 19.5 Å². The largest absolute Gasteiger partial charge is 0.478 e. The Morgan fingerprint density at radius 2 is 1.93 bits per heavy atom. The molecule has 0 unspecified atom stereocenters. The Morgan fingerprint density at radius 1 is 1.20 bits per heavy atom. The van der Waals surface area contributed by atoms with E-state index in [2.05, 4.69) is 32.5 Å². The zero-order valence-corrected chi connectivity index (χ0v) is 16.9. The number of carbonyl (C=O) groups is 2. The van der Waals surface area contributed by atoms with Crippen LogP contribution in [0.15, 0.2) is 67.0 Å². The second kappa shape index (κ2) is 11.0. The number of carbonyl (C=O) groups excluding carboxylic acids is 2. The molecular weight excluding hydrogens is 386 g/mol. The Balaban J connectivity index is 2.06. The molecular formula is C21H23N5O4. The standard InChI is InChI=1S/C21H23N5O4/c1-5-7-14(8-6-2)24-21(28)25-15-9-11-16(12-10-15)30-17-13-23-18(19(27)22-3)26-20(17)29-4/h5-13H,1H2,2-4H3,(H,22,27)(H2,24,25,28)/b8-6-,14-7+. The molecule has 0 atom stereocenters. The Kier molecular flexibility index (Phi) is 8.13. The highest BCUT2D eigenvalue weighted by Gasteiger charge is 2.14. The monoisotopic (exact) mass is 409 g/mol. The summed E-state index contributed by atoms with van der Waals surface area (Å²) in [5, 5.41) is 7.87. The number of nitrogens with zero attached hydrogens (tertiary/aromatic N) is 2. The van der Waals surface area contributed by atoms with E-state index >= 15 is 0 Å². The number of anilines is 1. The van der Waals surface area contributed by atoms with E-state index in [9.17, 15) is 9.59 Å². The molecule has 30 heavy (non-hydrogen) atoms. The fourth-order valence-corrected chi connectivity index (χ4v) is 2.26. The lowest BCUT2D eigenvalue weighted by Gasteiger charge is -2.11. The zero-order valence-electron chi connectivity index (χ0n) is 16.9. The van der Waals surface area contributed by atoms with E-state index < -0.39 is 11.9 Å². The molecule has 0 bridgehead atoms. The molecule has 156 valence electrons. The van der Waals surface area contributed by atoms with Crippen LogP contribution in [0.2, 0.25) is 0 Å². The van der Waals surface area contributed by atoms with Gasteiger partial charge in [0.05, 0.1) is 13.3 Å². The molecule has 0 fully saturated rings. The maximum atomic E-state index is 12.1. The van der Waals surface area contributed by atoms with Gasteiger partial charge in [-0.25, -0.2) is 9.78 Å². The molecule has 0 aliphatic rings. The number of amides is 3. The molecule has 3 N–H and O–H groups in total. The van der Waals surface area contributed by atoms with Crippen LogP contribution in [-0.2, 0) is 0 Å². The van der Waals surface area contributed by atoms with Gasteiger partial charge in [-0.15, -0.1) is 0 Å². The predicted octanol–water partition coefficient (Wildman–Crippen LogP) is 3.40. The van der Waals surface area contributed by atoms with Crippen molar-refractivity contribution >= 4 is 17.6 Å². The fraction of sp³-hybridized carbons (Fsp3) is 0.143. The third-order valence-electron chi connectivity index (χ3n) is 3.59. The van der Waals surface area contributed by atoms with Gasteiger partial charge < -0.3 is 25.4 Å². The molecule has 2 rings (SSSR count). The van der Waals surface area contributed by atoms with Crippen molar-refractivity contribution in [3.05, 3.63) is 72.9 Å². The van der Waals surface area contributed by atoms with Crippen LogP contribution in [0, 0.1) is 0 Å². The molecule has 1 heterocycles. The van der Waals surface area contributed by atoms with E-state index in [1.54, 1.807) is 48.6 Å². The summed E-state index contributed by atoms with van der Waals surface area (Å²) in [4.78, 5) is 31.7. The summed E-state index contributed by atoms with van der Waals surface area (Å²) in [5.74, 6) is 0.366. The molecule has 0 spiro atoms. The molecule has 0 saturated heterocycles. The van der Waals surface area contributed by atoms with Gasteiger partial charge in [-0.1, -0.05) is 18.7 Å². The number of benzene rings is 1. The van der Waals surface area contributed by atoms with Gasteiger partial charge in [-0.05, 0) is 43.3 Å². The van der Waals surface area contributed by atoms with Gasteiger partial charge in [0, 0.05) is 18.4 Å². The van der Waals surface area contributed by atoms with Gasteiger partial charge >= 0.3 is 6.03 Å². The SMILES string of the molecule is C=C/C=C(\C=C/C)NC(=O)Nc1ccc(Oc2cnc(C(=O)NC)nc2OC)cc1. The zero-order chi connectivity index (χ0) is 21.9. The minimum atomic E-state index is -0.436. The van der Waals surface area contributed by atoms with E-state index in [0.717, 1.165) is 0 Å². The van der Waals surface area contributed by atoms with Crippen LogP contribution in [0.3, 0.4) is 0 Å². The summed E-state index contributed by atoms with van der Waals surface area (Å²) in [6, 6.07) is 6.28. The number of urea groups is 1. The topological polar surface area (TPSA) is 114 Å². The first kappa shape index (κ1) is 22.2. The normalized spacial score (nSPS) is 11.0. The van der Waals surface area contributed by atoms with Crippen molar-refractivity contribution < 1.29 is 19.1 Å². The Bertz CT molecular complexity index is 968. The van der Waals surface area contributed by atoms with Gasteiger partial charge in [0.25, 0.3) is 11.8 Å². The molecule has 9 heteroatoms. The highest BCUT2D eigenvalue weighted by atomic mass is 16.5. The van der Waals surface area contributed by atoms with Gasteiger partial charge in [-0.2, -0.15) is 4.98 Å². The average molecular weight is 409 g/mol. The Hall–Kier alpha value is -4.14. The summed E-state index contributed by atoms with van der Waals surface area (Å²) in [6.45, 7) is 5.46. The molecule has 2 aromatic rings. The van der Waals surface area contributed by atoms with Crippen LogP contribution in [0.25, 0.3) is 0 Å². The number of ether oxygens (including phenoxy) is 2. The molecule has 0 aliphatic carbocycles. The first-order chi connectivity index (χ1) is 14.5. The molecule has 0 saturated carbocycles. The predicted molar refractivity (Wildman–Crippen MR) is 114 cm³/mol. The quantitative estimate of drug-likeness (QED) is 0.576. The van der Waals surface area contributed by atoms with Crippen molar-refractivity contribution in [2.24, 2.45) is 0 Å². The number of nitrogens with one attached hydrogen (secondary N) is 3. The van der Waals surface area contributed by atoms with Crippen molar-refractivity contribution in [2.45, 2.75) is 6.92 Å². The first-order valence-corrected chi connectivity index (χ1v) is 8.95. The minimum absolute atomic E-state index is 0.0324. The molecule has 1 aromatic heterocycles. The molecule has 0 aliphatic heterocycles. The summed E-state index contributed by atoms with van der Waals surface area (Å²) in [5.41, 5.74) is 1.17. The van der Waals surface area contributed by atoms with Crippen molar-refractivity contribution in [3.8, 4) is 17.4 Å². The number of hydrogen-bond acceptors (Lipinski definition) is 6. The van der Waals surface area contributed by atoms with E-state index in [-0.39, 0.29) is 17.5 Å². The smallest absolute Gasteiger partial charge is 0.323 e. The van der Waals surface area contributed by atoms with Crippen molar-refractivity contribution in [3.63, 3.8) is 0 Å². The second-order valence-corrected chi connectivity index (χ2v) is 5.71. The average Bonchev–Trinajstić information content (AvgIpc) is 2.75. The molecule has 0 radical (unpaired) electrons. The lowest BCUT2D eigenvalue weighted by atomic mass is 10.3. The number of allylic oxidation sites excluding steroid dienone is 4. The molecule has 3 amide bonds. The highest BCUT2D eigenvalue weighted by molar-refractivity contribution is 5.91. The number of rotatable bonds is 8. The van der Waals surface area contributed by atoms with Crippen LogP contribution in [-0.4, -0.2) is 36.1 Å². The molecule has 9 nitrogen and oxygen atoms in total. The van der Waals surface area contributed by atoms with E-state index in [0.29, 0.717) is 17.1 Å². The maximum Gasteiger partial charge on any atom is 0.323 e. The maximum absolute atomic E-state index is 12.1. The number of aromatic nitrogens is 2. The first-order valence-electron chi connectivity index (χ1n) is 8.95. The van der Waals surface area contributed by atoms with E-state index in [1.165, 1.54) is 20.4 Å². The van der Waals surface area contributed by atoms with Crippen LogP contribution in [0.5, 0.6) is 17.4 Å². The second-order valence-electron chi connectivity index (χ2n) is 5.71. The fourth-order valence-electron chi connectivity index (χ4n) is 2.26. The summed E-state index contributed by atoms with van der Waals surface area (Å²) in [6.07, 6.45) is 8.18. The van der Waals surface area contributed by atoms with E-state index in [1.807, 2.05) is 6.92 Å². The summed E-state index contributed by atoms with van der Waals surface area (Å²) < 4.78 is 10.9. The van der Waals surface area contributed by atoms with Gasteiger partial charge in [0.15, 0.2) is 0 Å². The van der Waals surface area contributed by atoms with Crippen LogP contribution < -0.4 is 25.4 Å². The van der Waals surface area contributed by atoms with Gasteiger partial charge in [-0.3, -0.25) is 4.79 Å². The Labute approximate surface area is 174 Å². The van der Waals surface area contributed by atoms with Crippen LogP contribution in [0.4, 0.5) is 10.5 Å². The molecule has 1 aromatic carbocycles. The third-order valence-corrected chi connectivity index (χ3v) is 3.59. The summed E-state index contributed by atoms with van der Waals surface area (Å²) >= 11 is 0. The lowest BCUT2D eigenvalue weighted by molar-refractivity contribution is 0.0951. The minimum Gasteiger partial charge on any atom is -0.478 e. The van der Waals surface area contributed by atoms with Crippen LogP contribution in [0.1, 0.15) is 17.5 Å². The number of hydrogen-bond donors (Lipinski definition) is 3. The van der Waals surface area contributed by atoms with Crippen molar-refractivity contribution in [1.29, 1.82) is 0 Å². The van der Waals surface area contributed by atoms with Gasteiger partial charge in [0.1, 0.15) is 5.75 Å². The number of methoxy groups -OCH3 is 1. The van der Waals surface area contributed by atoms with Gasteiger partial charge in [0.2, 0.25) is 11.6 Å².